The monoisotopic (exact) mass is 1060 g/mol. The Kier molecular flexibility index (Phi) is 70.0. The highest BCUT2D eigenvalue weighted by atomic mass is 16.5. The molecule has 0 saturated heterocycles. The molecule has 2 atom stereocenters. The molecule has 2 unspecified atom stereocenters. The van der Waals surface area contributed by atoms with Gasteiger partial charge in [0, 0.05) is 13.2 Å². The first-order valence-electron chi connectivity index (χ1n) is 36.5. The summed E-state index contributed by atoms with van der Waals surface area (Å²) in [4.78, 5) is 0. The maximum Gasteiger partial charge on any atom is 0.0575 e. The van der Waals surface area contributed by atoms with Gasteiger partial charge in [0.05, 0.1) is 12.2 Å². The van der Waals surface area contributed by atoms with Crippen LogP contribution < -0.4 is 0 Å². The van der Waals surface area contributed by atoms with Crippen molar-refractivity contribution in [3.05, 3.63) is 0 Å². The second-order valence-corrected chi connectivity index (χ2v) is 25.3. The van der Waals surface area contributed by atoms with Crippen LogP contribution in [-0.2, 0) is 9.47 Å². The lowest BCUT2D eigenvalue weighted by Crippen LogP contribution is -2.14. The van der Waals surface area contributed by atoms with Gasteiger partial charge in [0.2, 0.25) is 0 Å². The highest BCUT2D eigenvalue weighted by molar-refractivity contribution is 4.64. The Morgan fingerprint density at radius 3 is 0.413 bits per heavy atom. The second-order valence-electron chi connectivity index (χ2n) is 25.3. The van der Waals surface area contributed by atoms with Gasteiger partial charge >= 0.3 is 0 Å². The minimum absolute atomic E-state index is 0.510. The van der Waals surface area contributed by atoms with Crippen LogP contribution in [0.25, 0.3) is 0 Å². The predicted molar refractivity (Wildman–Crippen MR) is 342 cm³/mol. The van der Waals surface area contributed by atoms with Crippen molar-refractivity contribution in [2.45, 2.75) is 457 Å². The van der Waals surface area contributed by atoms with E-state index in [4.69, 9.17) is 9.47 Å². The van der Waals surface area contributed by atoms with E-state index in [1.807, 2.05) is 0 Å². The molecule has 0 rings (SSSR count). The Bertz CT molecular complexity index is 874. The fourth-order valence-corrected chi connectivity index (χ4v) is 12.1. The molecule has 2 nitrogen and oxygen atoms in total. The second kappa shape index (κ2) is 70.0. The Morgan fingerprint density at radius 1 is 0.147 bits per heavy atom. The summed E-state index contributed by atoms with van der Waals surface area (Å²) in [6.45, 7) is 11.3. The van der Waals surface area contributed by atoms with E-state index < -0.39 is 0 Å². The molecule has 0 bridgehead atoms. The lowest BCUT2D eigenvalue weighted by atomic mass is 10.00. The van der Waals surface area contributed by atoms with Crippen molar-refractivity contribution in [3.63, 3.8) is 0 Å². The molecule has 0 aliphatic carbocycles. The van der Waals surface area contributed by atoms with Crippen LogP contribution in [0.4, 0.5) is 0 Å². The molecule has 0 radical (unpaired) electrons. The summed E-state index contributed by atoms with van der Waals surface area (Å²) in [5.74, 6) is 0. The van der Waals surface area contributed by atoms with Crippen molar-refractivity contribution in [1.82, 2.24) is 0 Å². The van der Waals surface area contributed by atoms with Gasteiger partial charge in [-0.2, -0.15) is 0 Å². The molecule has 0 aliphatic rings. The Hall–Kier alpha value is -0.0800. The van der Waals surface area contributed by atoms with Crippen LogP contribution in [0, 0.1) is 0 Å². The van der Waals surface area contributed by atoms with Crippen molar-refractivity contribution in [2.24, 2.45) is 0 Å². The molecule has 75 heavy (non-hydrogen) atoms. The number of hydrogen-bond donors (Lipinski definition) is 0. The van der Waals surface area contributed by atoms with E-state index in [1.165, 1.54) is 417 Å². The average molecular weight is 1060 g/mol. The lowest BCUT2D eigenvalue weighted by molar-refractivity contribution is 0.0355. The topological polar surface area (TPSA) is 18.5 Å². The molecular weight excluding hydrogens is 909 g/mol. The van der Waals surface area contributed by atoms with Crippen LogP contribution in [-0.4, -0.2) is 25.4 Å². The first kappa shape index (κ1) is 74.9. The van der Waals surface area contributed by atoms with Crippen LogP contribution in [0.5, 0.6) is 0 Å². The Balaban J connectivity index is 4.49. The van der Waals surface area contributed by atoms with Gasteiger partial charge < -0.3 is 9.47 Å². The zero-order valence-electron chi connectivity index (χ0n) is 53.3. The summed E-state index contributed by atoms with van der Waals surface area (Å²) in [5.41, 5.74) is 0. The van der Waals surface area contributed by atoms with Crippen LogP contribution >= 0.6 is 0 Å². The molecule has 0 N–H and O–H groups in total. The summed E-state index contributed by atoms with van der Waals surface area (Å²) in [6, 6.07) is 0. The van der Waals surface area contributed by atoms with E-state index in [0.717, 1.165) is 13.2 Å². The van der Waals surface area contributed by atoms with Gasteiger partial charge in [0.25, 0.3) is 0 Å². The smallest absolute Gasteiger partial charge is 0.0575 e. The molecule has 0 spiro atoms. The van der Waals surface area contributed by atoms with Crippen molar-refractivity contribution in [2.75, 3.05) is 13.2 Å². The maximum absolute atomic E-state index is 6.69. The zero-order chi connectivity index (χ0) is 53.9. The Labute approximate surface area is 477 Å². The van der Waals surface area contributed by atoms with E-state index in [2.05, 4.69) is 27.7 Å². The van der Waals surface area contributed by atoms with E-state index in [1.54, 1.807) is 0 Å². The molecule has 0 aromatic heterocycles. The molecule has 2 heteroatoms. The molecule has 0 aliphatic heterocycles. The summed E-state index contributed by atoms with van der Waals surface area (Å²) < 4.78 is 13.4. The van der Waals surface area contributed by atoms with Crippen LogP contribution in [0.3, 0.4) is 0 Å². The zero-order valence-corrected chi connectivity index (χ0v) is 53.3. The molecule has 0 amide bonds. The summed E-state index contributed by atoms with van der Waals surface area (Å²) in [6.07, 6.45) is 93.5. The molecule has 452 valence electrons. The lowest BCUT2D eigenvalue weighted by Gasteiger charge is -2.19. The number of unbranched alkanes of at least 4 members (excludes halogenated alkanes) is 56. The number of rotatable bonds is 70. The standard InChI is InChI=1S/C73H148O2/c1-5-9-13-17-21-25-29-33-37-41-45-52-58-64-70-74-72(66-60-54-48-43-39-35-31-27-23-19-15-11-7-3)68-62-56-50-47-51-57-63-69-73(67-61-55-49-44-40-36-32-28-24-20-16-12-8-4)75-71-65-59-53-46-42-38-34-30-26-22-18-14-10-6-2/h72-73H,5-71H2,1-4H3. The molecular formula is C73H148O2. The minimum Gasteiger partial charge on any atom is -0.378 e. The van der Waals surface area contributed by atoms with Crippen molar-refractivity contribution in [1.29, 1.82) is 0 Å². The Morgan fingerprint density at radius 2 is 0.267 bits per heavy atom. The van der Waals surface area contributed by atoms with Gasteiger partial charge in [-0.1, -0.05) is 407 Å². The third-order valence-electron chi connectivity index (χ3n) is 17.5. The van der Waals surface area contributed by atoms with Gasteiger partial charge in [0.1, 0.15) is 0 Å². The van der Waals surface area contributed by atoms with Crippen LogP contribution in [0.15, 0.2) is 0 Å². The molecule has 0 heterocycles. The van der Waals surface area contributed by atoms with Crippen LogP contribution in [0.1, 0.15) is 445 Å². The average Bonchev–Trinajstić information content (AvgIpc) is 3.42. The van der Waals surface area contributed by atoms with Crippen LogP contribution in [0.2, 0.25) is 0 Å². The van der Waals surface area contributed by atoms with Crippen molar-refractivity contribution < 1.29 is 9.47 Å². The van der Waals surface area contributed by atoms with E-state index >= 15 is 0 Å². The third-order valence-corrected chi connectivity index (χ3v) is 17.5. The van der Waals surface area contributed by atoms with E-state index in [-0.39, 0.29) is 0 Å². The van der Waals surface area contributed by atoms with E-state index in [0.29, 0.717) is 12.2 Å². The summed E-state index contributed by atoms with van der Waals surface area (Å²) in [5, 5.41) is 0. The minimum atomic E-state index is 0.510. The van der Waals surface area contributed by atoms with Gasteiger partial charge in [-0.25, -0.2) is 0 Å². The molecule has 0 aromatic carbocycles. The third kappa shape index (κ3) is 66.3. The molecule has 0 saturated carbocycles. The number of ether oxygens (including phenoxy) is 2. The highest BCUT2D eigenvalue weighted by Gasteiger charge is 2.11. The van der Waals surface area contributed by atoms with Crippen molar-refractivity contribution >= 4 is 0 Å². The fraction of sp³-hybridized carbons (Fsp3) is 1.00. The van der Waals surface area contributed by atoms with Crippen molar-refractivity contribution in [3.8, 4) is 0 Å². The van der Waals surface area contributed by atoms with E-state index in [9.17, 15) is 0 Å². The van der Waals surface area contributed by atoms with Gasteiger partial charge in [-0.3, -0.25) is 0 Å². The normalized spacial score (nSPS) is 12.6. The first-order chi connectivity index (χ1) is 37.3. The summed E-state index contributed by atoms with van der Waals surface area (Å²) in [7, 11) is 0. The predicted octanol–water partition coefficient (Wildman–Crippen LogP) is 27.2. The van der Waals surface area contributed by atoms with Gasteiger partial charge in [-0.05, 0) is 38.5 Å². The number of hydrogen-bond acceptors (Lipinski definition) is 2. The fourth-order valence-electron chi connectivity index (χ4n) is 12.1. The molecule has 0 fully saturated rings. The molecule has 0 aromatic rings. The SMILES string of the molecule is CCCCCCCCCCCCCCCCOC(CCCCCCCCCCCCCCC)CCCCCCCCCC(CCCCCCCCCCCCCCC)OCCCCCCCCCCCCCCCC. The first-order valence-corrected chi connectivity index (χ1v) is 36.5. The van der Waals surface area contributed by atoms with Gasteiger partial charge in [-0.15, -0.1) is 0 Å². The highest BCUT2D eigenvalue weighted by Crippen LogP contribution is 2.22. The maximum atomic E-state index is 6.69. The van der Waals surface area contributed by atoms with Gasteiger partial charge in [0.15, 0.2) is 0 Å². The quantitative estimate of drug-likeness (QED) is 0.0565. The summed E-state index contributed by atoms with van der Waals surface area (Å²) >= 11 is 0. The largest absolute Gasteiger partial charge is 0.378 e.